The van der Waals surface area contributed by atoms with E-state index >= 15 is 0 Å². The Morgan fingerprint density at radius 3 is 2.86 bits per heavy atom. The van der Waals surface area contributed by atoms with Gasteiger partial charge in [-0.1, -0.05) is 18.2 Å². The molecule has 1 atom stereocenters. The molecule has 1 unspecified atom stereocenters. The maximum Gasteiger partial charge on any atom is 0.157 e. The van der Waals surface area contributed by atoms with Gasteiger partial charge in [0.15, 0.2) is 15.6 Å². The smallest absolute Gasteiger partial charge is 0.157 e. The molecule has 0 spiro atoms. The predicted octanol–water partition coefficient (Wildman–Crippen LogP) is 2.08. The van der Waals surface area contributed by atoms with E-state index in [0.29, 0.717) is 18.1 Å². The quantitative estimate of drug-likeness (QED) is 0.867. The molecule has 0 saturated carbocycles. The molecule has 1 fully saturated rings. The number of nitrogens with zero attached hydrogens (tertiary/aromatic N) is 2. The minimum atomic E-state index is -2.87. The number of hydrogen-bond donors (Lipinski definition) is 0. The number of sulfone groups is 1. The van der Waals surface area contributed by atoms with E-state index in [1.807, 2.05) is 36.5 Å². The minimum Gasteiger partial charge on any atom is -0.490 e. The lowest BCUT2D eigenvalue weighted by molar-refractivity contribution is 0.249. The highest BCUT2D eigenvalue weighted by atomic mass is 32.2. The summed E-state index contributed by atoms with van der Waals surface area (Å²) in [5, 5.41) is 4.25. The summed E-state index contributed by atoms with van der Waals surface area (Å²) in [7, 11) is -2.87. The largest absolute Gasteiger partial charge is 0.490 e. The summed E-state index contributed by atoms with van der Waals surface area (Å²) < 4.78 is 30.6. The lowest BCUT2D eigenvalue weighted by atomic mass is 10.1. The van der Waals surface area contributed by atoms with E-state index in [1.54, 1.807) is 10.9 Å². The molecule has 1 aromatic carbocycles. The van der Waals surface area contributed by atoms with Gasteiger partial charge in [0.25, 0.3) is 0 Å². The molecule has 2 heterocycles. The van der Waals surface area contributed by atoms with Crippen LogP contribution in [0.4, 0.5) is 0 Å². The molecule has 1 saturated heterocycles. The third-order valence-electron chi connectivity index (χ3n) is 3.62. The Morgan fingerprint density at radius 1 is 1.29 bits per heavy atom. The van der Waals surface area contributed by atoms with Crippen LogP contribution in [-0.4, -0.2) is 36.3 Å². The highest BCUT2D eigenvalue weighted by Crippen LogP contribution is 2.20. The molecule has 1 aliphatic rings. The van der Waals surface area contributed by atoms with Gasteiger partial charge in [0.05, 0.1) is 36.2 Å². The second-order valence-electron chi connectivity index (χ2n) is 5.39. The van der Waals surface area contributed by atoms with E-state index in [-0.39, 0.29) is 11.7 Å². The summed E-state index contributed by atoms with van der Waals surface area (Å²) >= 11 is 0. The van der Waals surface area contributed by atoms with E-state index in [2.05, 4.69) is 5.10 Å². The topological polar surface area (TPSA) is 61.2 Å². The van der Waals surface area contributed by atoms with Crippen LogP contribution < -0.4 is 4.74 Å². The van der Waals surface area contributed by atoms with Crippen LogP contribution in [-0.2, 0) is 9.84 Å². The maximum absolute atomic E-state index is 11.6. The van der Waals surface area contributed by atoms with Crippen molar-refractivity contribution in [2.45, 2.75) is 12.8 Å². The van der Waals surface area contributed by atoms with E-state index in [1.165, 1.54) is 0 Å². The number of benzene rings is 1. The van der Waals surface area contributed by atoms with E-state index in [9.17, 15) is 8.42 Å². The summed E-state index contributed by atoms with van der Waals surface area (Å²) in [5.41, 5.74) is 0.965. The fourth-order valence-corrected chi connectivity index (χ4v) is 4.32. The van der Waals surface area contributed by atoms with Gasteiger partial charge in [0, 0.05) is 5.92 Å². The van der Waals surface area contributed by atoms with Crippen LogP contribution in [0.25, 0.3) is 5.69 Å². The molecule has 0 aliphatic carbocycles. The molecule has 112 valence electrons. The van der Waals surface area contributed by atoms with E-state index in [0.717, 1.165) is 18.5 Å². The number of hydrogen-bond acceptors (Lipinski definition) is 4. The summed E-state index contributed by atoms with van der Waals surface area (Å²) in [4.78, 5) is 0. The van der Waals surface area contributed by atoms with Gasteiger partial charge >= 0.3 is 0 Å². The fraction of sp³-hybridized carbons (Fsp3) is 0.400. The molecule has 3 rings (SSSR count). The Kier molecular flexibility index (Phi) is 3.96. The Labute approximate surface area is 124 Å². The molecular formula is C15H18N2O3S. The zero-order valence-corrected chi connectivity index (χ0v) is 12.5. The van der Waals surface area contributed by atoms with Gasteiger partial charge in [0.1, 0.15) is 0 Å². The molecule has 0 radical (unpaired) electrons. The summed E-state index contributed by atoms with van der Waals surface area (Å²) in [5.74, 6) is 1.31. The normalized spacial score (nSPS) is 21.0. The van der Waals surface area contributed by atoms with Crippen molar-refractivity contribution < 1.29 is 13.2 Å². The highest BCUT2D eigenvalue weighted by molar-refractivity contribution is 7.91. The molecule has 21 heavy (non-hydrogen) atoms. The van der Waals surface area contributed by atoms with Gasteiger partial charge in [-0.05, 0) is 25.0 Å². The first-order valence-corrected chi connectivity index (χ1v) is 8.88. The Morgan fingerprint density at radius 2 is 2.10 bits per heavy atom. The van der Waals surface area contributed by atoms with Crippen molar-refractivity contribution in [3.63, 3.8) is 0 Å². The molecule has 0 bridgehead atoms. The average Bonchev–Trinajstić information content (AvgIpc) is 2.94. The zero-order valence-electron chi connectivity index (χ0n) is 11.7. The standard InChI is InChI=1S/C15H18N2O3S/c18-21(19)8-4-5-13(12-21)11-20-15-9-16-17(10-15)14-6-2-1-3-7-14/h1-3,6-7,9-10,13H,4-5,8,11-12H2. The third kappa shape index (κ3) is 3.64. The molecule has 1 aliphatic heterocycles. The van der Waals surface area contributed by atoms with Crippen molar-refractivity contribution in [1.29, 1.82) is 0 Å². The average molecular weight is 306 g/mol. The van der Waals surface area contributed by atoms with Crippen molar-refractivity contribution >= 4 is 9.84 Å². The number of ether oxygens (including phenoxy) is 1. The molecule has 2 aromatic rings. The Hall–Kier alpha value is -1.82. The van der Waals surface area contributed by atoms with Crippen molar-refractivity contribution in [3.05, 3.63) is 42.7 Å². The summed E-state index contributed by atoms with van der Waals surface area (Å²) in [6.07, 6.45) is 5.11. The number of rotatable bonds is 4. The number of aromatic nitrogens is 2. The first kappa shape index (κ1) is 14.1. The summed E-state index contributed by atoms with van der Waals surface area (Å²) in [6.45, 7) is 0.430. The molecule has 1 aromatic heterocycles. The van der Waals surface area contributed by atoms with Crippen LogP contribution in [0.2, 0.25) is 0 Å². The van der Waals surface area contributed by atoms with Crippen molar-refractivity contribution in [1.82, 2.24) is 9.78 Å². The van der Waals surface area contributed by atoms with Crippen molar-refractivity contribution in [2.75, 3.05) is 18.1 Å². The van der Waals surface area contributed by atoms with Gasteiger partial charge in [-0.3, -0.25) is 0 Å². The van der Waals surface area contributed by atoms with Gasteiger partial charge in [-0.25, -0.2) is 13.1 Å². The SMILES string of the molecule is O=S1(=O)CCCC(COc2cnn(-c3ccccc3)c2)C1. The van der Waals surface area contributed by atoms with Gasteiger partial charge in [-0.15, -0.1) is 0 Å². The predicted molar refractivity (Wildman–Crippen MR) is 80.4 cm³/mol. The van der Waals surface area contributed by atoms with Crippen LogP contribution in [0.15, 0.2) is 42.7 Å². The van der Waals surface area contributed by atoms with Gasteiger partial charge in [-0.2, -0.15) is 5.10 Å². The number of para-hydroxylation sites is 1. The second-order valence-corrected chi connectivity index (χ2v) is 7.62. The highest BCUT2D eigenvalue weighted by Gasteiger charge is 2.25. The zero-order chi connectivity index (χ0) is 14.7. The van der Waals surface area contributed by atoms with E-state index < -0.39 is 9.84 Å². The molecular weight excluding hydrogens is 288 g/mol. The molecule has 0 N–H and O–H groups in total. The summed E-state index contributed by atoms with van der Waals surface area (Å²) in [6, 6.07) is 9.78. The van der Waals surface area contributed by atoms with Crippen molar-refractivity contribution in [2.24, 2.45) is 5.92 Å². The fourth-order valence-electron chi connectivity index (χ4n) is 2.57. The van der Waals surface area contributed by atoms with Crippen LogP contribution in [0.1, 0.15) is 12.8 Å². The molecule has 5 nitrogen and oxygen atoms in total. The van der Waals surface area contributed by atoms with Crippen LogP contribution in [0.3, 0.4) is 0 Å². The monoisotopic (exact) mass is 306 g/mol. The lowest BCUT2D eigenvalue weighted by Gasteiger charge is -2.21. The minimum absolute atomic E-state index is 0.0869. The molecule has 6 heteroatoms. The maximum atomic E-state index is 11.6. The van der Waals surface area contributed by atoms with Crippen LogP contribution >= 0.6 is 0 Å². The lowest BCUT2D eigenvalue weighted by Crippen LogP contribution is -2.29. The van der Waals surface area contributed by atoms with Gasteiger partial charge in [0.2, 0.25) is 0 Å². The Bertz CT molecular complexity index is 695. The van der Waals surface area contributed by atoms with Crippen LogP contribution in [0.5, 0.6) is 5.75 Å². The van der Waals surface area contributed by atoms with E-state index in [4.69, 9.17) is 4.74 Å². The Balaban J connectivity index is 1.60. The molecule has 0 amide bonds. The van der Waals surface area contributed by atoms with Crippen LogP contribution in [0, 0.1) is 5.92 Å². The second kappa shape index (κ2) is 5.89. The van der Waals surface area contributed by atoms with Gasteiger partial charge < -0.3 is 4.74 Å². The third-order valence-corrected chi connectivity index (χ3v) is 5.51. The first-order chi connectivity index (χ1) is 10.1. The van der Waals surface area contributed by atoms with Crippen molar-refractivity contribution in [3.8, 4) is 11.4 Å². The first-order valence-electron chi connectivity index (χ1n) is 7.06.